The lowest BCUT2D eigenvalue weighted by Gasteiger charge is -2.19. The number of likely N-dealkylation sites (tertiary alicyclic amines) is 1. The number of hydrogen-bond acceptors (Lipinski definition) is 4. The second-order valence-electron chi connectivity index (χ2n) is 6.53. The van der Waals surface area contributed by atoms with Crippen LogP contribution in [0.15, 0.2) is 23.2 Å². The fraction of sp³-hybridized carbons (Fsp3) is 0.632. The van der Waals surface area contributed by atoms with E-state index >= 15 is 0 Å². The van der Waals surface area contributed by atoms with Crippen molar-refractivity contribution in [3.05, 3.63) is 18.2 Å². The average molecular weight is 348 g/mol. The lowest BCUT2D eigenvalue weighted by molar-refractivity contribution is 0.291. The molecule has 1 aromatic rings. The van der Waals surface area contributed by atoms with Gasteiger partial charge in [0.25, 0.3) is 0 Å². The van der Waals surface area contributed by atoms with Gasteiger partial charge < -0.3 is 25.0 Å². The van der Waals surface area contributed by atoms with Crippen molar-refractivity contribution in [3.8, 4) is 11.5 Å². The monoisotopic (exact) mass is 348 g/mol. The zero-order chi connectivity index (χ0) is 18.1. The minimum absolute atomic E-state index is 0.541. The molecular weight excluding hydrogens is 316 g/mol. The van der Waals surface area contributed by atoms with Crippen LogP contribution in [0.2, 0.25) is 0 Å². The molecule has 1 atom stereocenters. The summed E-state index contributed by atoms with van der Waals surface area (Å²) < 4.78 is 10.6. The molecule has 6 nitrogen and oxygen atoms in total. The normalized spacial score (nSPS) is 16.6. The molecule has 0 aromatic heterocycles. The Kier molecular flexibility index (Phi) is 7.85. The molecule has 2 rings (SSSR count). The summed E-state index contributed by atoms with van der Waals surface area (Å²) in [6.07, 6.45) is 2.67. The molecule has 25 heavy (non-hydrogen) atoms. The number of anilines is 1. The van der Waals surface area contributed by atoms with Gasteiger partial charge in [-0.1, -0.05) is 6.92 Å². The van der Waals surface area contributed by atoms with Crippen molar-refractivity contribution < 1.29 is 9.47 Å². The standard InChI is InChI=1S/C19H32N4O2/c1-5-20-19(21-13-15(2)14-23-10-6-7-11-23)22-16-8-9-17(24-3)18(12-16)25-4/h8-9,12,15H,5-7,10-11,13-14H2,1-4H3,(H2,20,21,22). The summed E-state index contributed by atoms with van der Waals surface area (Å²) in [5, 5.41) is 6.64. The molecule has 1 fully saturated rings. The van der Waals surface area contributed by atoms with E-state index in [9.17, 15) is 0 Å². The number of aliphatic imine (C=N–C) groups is 1. The van der Waals surface area contributed by atoms with E-state index in [-0.39, 0.29) is 0 Å². The third-order valence-corrected chi connectivity index (χ3v) is 4.32. The highest BCUT2D eigenvalue weighted by Gasteiger charge is 2.14. The number of nitrogens with one attached hydrogen (secondary N) is 2. The maximum absolute atomic E-state index is 5.36. The van der Waals surface area contributed by atoms with Crippen LogP contribution in [0.5, 0.6) is 11.5 Å². The maximum Gasteiger partial charge on any atom is 0.195 e. The van der Waals surface area contributed by atoms with Crippen LogP contribution in [0.4, 0.5) is 5.69 Å². The van der Waals surface area contributed by atoms with Crippen LogP contribution in [0.3, 0.4) is 0 Å². The van der Waals surface area contributed by atoms with Gasteiger partial charge in [0.1, 0.15) is 0 Å². The van der Waals surface area contributed by atoms with E-state index in [1.54, 1.807) is 14.2 Å². The molecule has 0 spiro atoms. The Bertz CT molecular complexity index is 556. The van der Waals surface area contributed by atoms with Crippen LogP contribution in [0.25, 0.3) is 0 Å². The summed E-state index contributed by atoms with van der Waals surface area (Å²) in [7, 11) is 3.28. The number of rotatable bonds is 8. The smallest absolute Gasteiger partial charge is 0.195 e. The molecular formula is C19H32N4O2. The van der Waals surface area contributed by atoms with Crippen LogP contribution < -0.4 is 20.1 Å². The molecule has 0 bridgehead atoms. The van der Waals surface area contributed by atoms with Gasteiger partial charge in [-0.05, 0) is 50.9 Å². The first-order valence-corrected chi connectivity index (χ1v) is 9.16. The van der Waals surface area contributed by atoms with E-state index in [0.717, 1.165) is 31.3 Å². The highest BCUT2D eigenvalue weighted by Crippen LogP contribution is 2.29. The van der Waals surface area contributed by atoms with Crippen LogP contribution in [-0.2, 0) is 0 Å². The average Bonchev–Trinajstić information content (AvgIpc) is 3.12. The molecule has 0 aliphatic carbocycles. The lowest BCUT2D eigenvalue weighted by atomic mass is 10.2. The summed E-state index contributed by atoms with van der Waals surface area (Å²) in [5.74, 6) is 2.75. The van der Waals surface area contributed by atoms with E-state index in [2.05, 4.69) is 29.4 Å². The second kappa shape index (κ2) is 10.1. The fourth-order valence-electron chi connectivity index (χ4n) is 3.07. The van der Waals surface area contributed by atoms with Gasteiger partial charge in [-0.2, -0.15) is 0 Å². The predicted molar refractivity (Wildman–Crippen MR) is 104 cm³/mol. The van der Waals surface area contributed by atoms with Crippen molar-refractivity contribution in [1.82, 2.24) is 10.2 Å². The van der Waals surface area contributed by atoms with Crippen molar-refractivity contribution in [2.45, 2.75) is 26.7 Å². The van der Waals surface area contributed by atoms with Gasteiger partial charge in [-0.15, -0.1) is 0 Å². The number of ether oxygens (including phenoxy) is 2. The van der Waals surface area contributed by atoms with Crippen molar-refractivity contribution in [1.29, 1.82) is 0 Å². The molecule has 6 heteroatoms. The zero-order valence-electron chi connectivity index (χ0n) is 16.0. The van der Waals surface area contributed by atoms with E-state index in [0.29, 0.717) is 17.4 Å². The van der Waals surface area contributed by atoms with Crippen molar-refractivity contribution >= 4 is 11.6 Å². The summed E-state index contributed by atoms with van der Waals surface area (Å²) in [6, 6.07) is 5.77. The summed E-state index contributed by atoms with van der Waals surface area (Å²) in [6.45, 7) is 9.55. The Labute approximate surface area is 151 Å². The molecule has 2 N–H and O–H groups in total. The molecule has 1 aliphatic rings. The van der Waals surface area contributed by atoms with Crippen LogP contribution in [0.1, 0.15) is 26.7 Å². The Balaban J connectivity index is 1.96. The Hall–Kier alpha value is -1.95. The molecule has 1 heterocycles. The van der Waals surface area contributed by atoms with Crippen molar-refractivity contribution in [3.63, 3.8) is 0 Å². The van der Waals surface area contributed by atoms with E-state index < -0.39 is 0 Å². The summed E-state index contributed by atoms with van der Waals surface area (Å²) >= 11 is 0. The quantitative estimate of drug-likeness (QED) is 0.559. The highest BCUT2D eigenvalue weighted by molar-refractivity contribution is 5.93. The lowest BCUT2D eigenvalue weighted by Crippen LogP contribution is -2.32. The third kappa shape index (κ3) is 6.12. The van der Waals surface area contributed by atoms with E-state index in [4.69, 9.17) is 14.5 Å². The minimum atomic E-state index is 0.541. The summed E-state index contributed by atoms with van der Waals surface area (Å²) in [5.41, 5.74) is 0.921. The number of methoxy groups -OCH3 is 2. The molecule has 1 unspecified atom stereocenters. The molecule has 0 amide bonds. The molecule has 1 aromatic carbocycles. The van der Waals surface area contributed by atoms with Crippen LogP contribution in [0, 0.1) is 5.92 Å². The maximum atomic E-state index is 5.36. The van der Waals surface area contributed by atoms with Gasteiger partial charge in [-0.25, -0.2) is 0 Å². The molecule has 1 aliphatic heterocycles. The van der Waals surface area contributed by atoms with Gasteiger partial charge in [0, 0.05) is 31.4 Å². The molecule has 0 saturated carbocycles. The van der Waals surface area contributed by atoms with Crippen LogP contribution >= 0.6 is 0 Å². The van der Waals surface area contributed by atoms with Gasteiger partial charge in [0.15, 0.2) is 17.5 Å². The predicted octanol–water partition coefficient (Wildman–Crippen LogP) is 2.81. The van der Waals surface area contributed by atoms with Gasteiger partial charge in [-0.3, -0.25) is 4.99 Å². The van der Waals surface area contributed by atoms with Crippen molar-refractivity contribution in [2.75, 3.05) is 52.3 Å². The number of benzene rings is 1. The van der Waals surface area contributed by atoms with E-state index in [1.165, 1.54) is 25.9 Å². The van der Waals surface area contributed by atoms with Gasteiger partial charge in [0.05, 0.1) is 14.2 Å². The number of hydrogen-bond donors (Lipinski definition) is 2. The number of guanidine groups is 1. The topological polar surface area (TPSA) is 58.1 Å². The molecule has 140 valence electrons. The molecule has 1 saturated heterocycles. The minimum Gasteiger partial charge on any atom is -0.493 e. The SMILES string of the molecule is CCNC(=NCC(C)CN1CCCC1)Nc1ccc(OC)c(OC)c1. The molecule has 0 radical (unpaired) electrons. The van der Waals surface area contributed by atoms with Gasteiger partial charge >= 0.3 is 0 Å². The third-order valence-electron chi connectivity index (χ3n) is 4.32. The number of nitrogens with zero attached hydrogens (tertiary/aromatic N) is 2. The van der Waals surface area contributed by atoms with Crippen molar-refractivity contribution in [2.24, 2.45) is 10.9 Å². The first-order valence-electron chi connectivity index (χ1n) is 9.16. The van der Waals surface area contributed by atoms with Crippen LogP contribution in [-0.4, -0.2) is 57.8 Å². The van der Waals surface area contributed by atoms with E-state index in [1.807, 2.05) is 18.2 Å². The Morgan fingerprint density at radius 2 is 1.92 bits per heavy atom. The Morgan fingerprint density at radius 1 is 1.20 bits per heavy atom. The zero-order valence-corrected chi connectivity index (χ0v) is 16.0. The summed E-state index contributed by atoms with van der Waals surface area (Å²) in [4.78, 5) is 7.28. The Morgan fingerprint density at radius 3 is 2.56 bits per heavy atom. The highest BCUT2D eigenvalue weighted by atomic mass is 16.5. The first kappa shape index (κ1) is 19.4. The largest absolute Gasteiger partial charge is 0.493 e. The second-order valence-corrected chi connectivity index (χ2v) is 6.53. The van der Waals surface area contributed by atoms with Gasteiger partial charge in [0.2, 0.25) is 0 Å². The first-order chi connectivity index (χ1) is 12.2. The fourth-order valence-corrected chi connectivity index (χ4v) is 3.07.